The first kappa shape index (κ1) is 16.5. The SMILES string of the molecule is CC(C)(C)C1CN(C2CCC2)CCN1Cc1ccc(C#N)cc1. The third kappa shape index (κ3) is 3.76. The van der Waals surface area contributed by atoms with Crippen LogP contribution in [0.3, 0.4) is 0 Å². The molecule has 2 aliphatic rings. The molecule has 124 valence electrons. The number of rotatable bonds is 3. The van der Waals surface area contributed by atoms with Crippen molar-refractivity contribution >= 4 is 0 Å². The van der Waals surface area contributed by atoms with Crippen LogP contribution in [0.2, 0.25) is 0 Å². The number of nitrogens with zero attached hydrogens (tertiary/aromatic N) is 3. The molecule has 1 aliphatic carbocycles. The second-order valence-corrected chi connectivity index (χ2v) is 8.24. The van der Waals surface area contributed by atoms with Gasteiger partial charge in [0.25, 0.3) is 0 Å². The molecule has 1 saturated heterocycles. The molecular formula is C20H29N3. The molecule has 3 nitrogen and oxygen atoms in total. The van der Waals surface area contributed by atoms with Crippen molar-refractivity contribution in [1.82, 2.24) is 9.80 Å². The average Bonchev–Trinajstić information content (AvgIpc) is 2.47. The van der Waals surface area contributed by atoms with E-state index in [0.717, 1.165) is 24.7 Å². The van der Waals surface area contributed by atoms with Gasteiger partial charge in [-0.15, -0.1) is 0 Å². The van der Waals surface area contributed by atoms with Crippen LogP contribution in [0.25, 0.3) is 0 Å². The second kappa shape index (κ2) is 6.63. The van der Waals surface area contributed by atoms with E-state index in [4.69, 9.17) is 5.26 Å². The summed E-state index contributed by atoms with van der Waals surface area (Å²) in [6.07, 6.45) is 4.20. The molecule has 1 aromatic carbocycles. The van der Waals surface area contributed by atoms with E-state index in [9.17, 15) is 0 Å². The summed E-state index contributed by atoms with van der Waals surface area (Å²) >= 11 is 0. The molecule has 3 heteroatoms. The summed E-state index contributed by atoms with van der Waals surface area (Å²) in [5.41, 5.74) is 2.35. The highest BCUT2D eigenvalue weighted by molar-refractivity contribution is 5.31. The van der Waals surface area contributed by atoms with Crippen LogP contribution in [0, 0.1) is 16.7 Å². The van der Waals surface area contributed by atoms with Crippen molar-refractivity contribution in [3.63, 3.8) is 0 Å². The number of benzene rings is 1. The maximum absolute atomic E-state index is 8.94. The molecule has 1 aliphatic heterocycles. The van der Waals surface area contributed by atoms with E-state index < -0.39 is 0 Å². The maximum atomic E-state index is 8.94. The van der Waals surface area contributed by atoms with Crippen LogP contribution in [-0.2, 0) is 6.54 Å². The molecule has 0 amide bonds. The predicted molar refractivity (Wildman–Crippen MR) is 94.0 cm³/mol. The van der Waals surface area contributed by atoms with E-state index in [1.807, 2.05) is 12.1 Å². The standard InChI is InChI=1S/C20H29N3/c1-20(2,3)19-15-22(18-5-4-6-18)11-12-23(19)14-17-9-7-16(13-21)8-10-17/h7-10,18-19H,4-6,11-12,14-15H2,1-3H3. The minimum Gasteiger partial charge on any atom is -0.298 e. The van der Waals surface area contributed by atoms with Crippen LogP contribution in [0.15, 0.2) is 24.3 Å². The fourth-order valence-corrected chi connectivity index (χ4v) is 3.86. The lowest BCUT2D eigenvalue weighted by molar-refractivity contribution is -0.0209. The summed E-state index contributed by atoms with van der Waals surface area (Å²) in [7, 11) is 0. The smallest absolute Gasteiger partial charge is 0.0991 e. The molecule has 3 rings (SSSR count). The number of hydrogen-bond donors (Lipinski definition) is 0. The Morgan fingerprint density at radius 2 is 1.83 bits per heavy atom. The first-order valence-corrected chi connectivity index (χ1v) is 8.94. The largest absolute Gasteiger partial charge is 0.298 e. The molecule has 1 heterocycles. The number of piperazine rings is 1. The van der Waals surface area contributed by atoms with Crippen LogP contribution >= 0.6 is 0 Å². The van der Waals surface area contributed by atoms with E-state index in [2.05, 4.69) is 48.8 Å². The molecule has 1 unspecified atom stereocenters. The van der Waals surface area contributed by atoms with Gasteiger partial charge >= 0.3 is 0 Å². The van der Waals surface area contributed by atoms with Crippen molar-refractivity contribution in [3.8, 4) is 6.07 Å². The average molecular weight is 311 g/mol. The summed E-state index contributed by atoms with van der Waals surface area (Å²) in [6, 6.07) is 11.7. The lowest BCUT2D eigenvalue weighted by Crippen LogP contribution is -2.60. The van der Waals surface area contributed by atoms with Crippen LogP contribution in [0.4, 0.5) is 0 Å². The topological polar surface area (TPSA) is 30.3 Å². The van der Waals surface area contributed by atoms with Gasteiger partial charge in [-0.2, -0.15) is 5.26 Å². The summed E-state index contributed by atoms with van der Waals surface area (Å²) < 4.78 is 0. The van der Waals surface area contributed by atoms with E-state index in [-0.39, 0.29) is 5.41 Å². The summed E-state index contributed by atoms with van der Waals surface area (Å²) in [4.78, 5) is 5.38. The quantitative estimate of drug-likeness (QED) is 0.853. The van der Waals surface area contributed by atoms with Gasteiger partial charge in [0.2, 0.25) is 0 Å². The van der Waals surface area contributed by atoms with Crippen molar-refractivity contribution in [3.05, 3.63) is 35.4 Å². The van der Waals surface area contributed by atoms with Gasteiger partial charge in [-0.25, -0.2) is 0 Å². The van der Waals surface area contributed by atoms with Gasteiger partial charge in [-0.05, 0) is 36.0 Å². The summed E-state index contributed by atoms with van der Waals surface area (Å²) in [5.74, 6) is 0. The van der Waals surface area contributed by atoms with Gasteiger partial charge in [0.05, 0.1) is 11.6 Å². The molecule has 2 fully saturated rings. The summed E-state index contributed by atoms with van der Waals surface area (Å²) in [6.45, 7) is 11.7. The lowest BCUT2D eigenvalue weighted by atomic mass is 9.82. The minimum atomic E-state index is 0.287. The van der Waals surface area contributed by atoms with Crippen LogP contribution in [0.5, 0.6) is 0 Å². The second-order valence-electron chi connectivity index (χ2n) is 8.24. The highest BCUT2D eigenvalue weighted by atomic mass is 15.3. The lowest BCUT2D eigenvalue weighted by Gasteiger charge is -2.51. The molecule has 0 bridgehead atoms. The van der Waals surface area contributed by atoms with Gasteiger partial charge in [-0.3, -0.25) is 9.80 Å². The van der Waals surface area contributed by atoms with Crippen molar-refractivity contribution < 1.29 is 0 Å². The van der Waals surface area contributed by atoms with Gasteiger partial charge < -0.3 is 0 Å². The zero-order chi connectivity index (χ0) is 16.4. The Hall–Kier alpha value is -1.37. The van der Waals surface area contributed by atoms with E-state index >= 15 is 0 Å². The van der Waals surface area contributed by atoms with Gasteiger partial charge in [-0.1, -0.05) is 39.3 Å². The monoisotopic (exact) mass is 311 g/mol. The summed E-state index contributed by atoms with van der Waals surface area (Å²) in [5, 5.41) is 8.94. The molecular weight excluding hydrogens is 282 g/mol. The first-order valence-electron chi connectivity index (χ1n) is 8.94. The minimum absolute atomic E-state index is 0.287. The molecule has 0 spiro atoms. The fraction of sp³-hybridized carbons (Fsp3) is 0.650. The fourth-order valence-electron chi connectivity index (χ4n) is 3.86. The molecule has 1 atom stereocenters. The predicted octanol–water partition coefficient (Wildman–Crippen LogP) is 3.64. The zero-order valence-electron chi connectivity index (χ0n) is 14.8. The molecule has 1 aromatic rings. The Morgan fingerprint density at radius 3 is 2.35 bits per heavy atom. The molecule has 23 heavy (non-hydrogen) atoms. The van der Waals surface area contributed by atoms with Gasteiger partial charge in [0.15, 0.2) is 0 Å². The van der Waals surface area contributed by atoms with E-state index in [0.29, 0.717) is 6.04 Å². The molecule has 0 radical (unpaired) electrons. The zero-order valence-corrected chi connectivity index (χ0v) is 14.8. The Morgan fingerprint density at radius 1 is 1.13 bits per heavy atom. The Balaban J connectivity index is 1.70. The highest BCUT2D eigenvalue weighted by Crippen LogP contribution is 2.33. The van der Waals surface area contributed by atoms with Crippen LogP contribution in [-0.4, -0.2) is 41.5 Å². The first-order chi connectivity index (χ1) is 11.0. The number of nitriles is 1. The van der Waals surface area contributed by atoms with Crippen molar-refractivity contribution in [1.29, 1.82) is 5.26 Å². The van der Waals surface area contributed by atoms with Gasteiger partial charge in [0, 0.05) is 38.3 Å². The Labute approximate surface area is 140 Å². The van der Waals surface area contributed by atoms with E-state index in [1.54, 1.807) is 0 Å². The Bertz CT molecular complexity index is 560. The van der Waals surface area contributed by atoms with Crippen LogP contribution in [0.1, 0.15) is 51.2 Å². The number of hydrogen-bond acceptors (Lipinski definition) is 3. The third-order valence-electron chi connectivity index (χ3n) is 5.58. The van der Waals surface area contributed by atoms with Gasteiger partial charge in [0.1, 0.15) is 0 Å². The molecule has 0 N–H and O–H groups in total. The normalized spacial score (nSPS) is 24.2. The maximum Gasteiger partial charge on any atom is 0.0991 e. The van der Waals surface area contributed by atoms with E-state index in [1.165, 1.54) is 37.9 Å². The molecule has 1 saturated carbocycles. The van der Waals surface area contributed by atoms with Crippen LogP contribution < -0.4 is 0 Å². The third-order valence-corrected chi connectivity index (χ3v) is 5.58. The van der Waals surface area contributed by atoms with Crippen molar-refractivity contribution in [2.75, 3.05) is 19.6 Å². The van der Waals surface area contributed by atoms with Crippen molar-refractivity contribution in [2.45, 2.75) is 58.7 Å². The van der Waals surface area contributed by atoms with Crippen molar-refractivity contribution in [2.24, 2.45) is 5.41 Å². The highest BCUT2D eigenvalue weighted by Gasteiger charge is 2.38. The Kier molecular flexibility index (Phi) is 4.75. The molecule has 0 aromatic heterocycles.